The molecule has 0 saturated heterocycles. The van der Waals surface area contributed by atoms with E-state index in [9.17, 15) is 4.79 Å². The van der Waals surface area contributed by atoms with Gasteiger partial charge < -0.3 is 9.88 Å². The van der Waals surface area contributed by atoms with Crippen LogP contribution in [0.3, 0.4) is 0 Å². The Morgan fingerprint density at radius 3 is 2.89 bits per heavy atom. The van der Waals surface area contributed by atoms with Crippen molar-refractivity contribution in [1.29, 1.82) is 0 Å². The highest BCUT2D eigenvalue weighted by Gasteiger charge is 2.11. The summed E-state index contributed by atoms with van der Waals surface area (Å²) in [6.45, 7) is 0.545. The predicted molar refractivity (Wildman–Crippen MR) is 113 cm³/mol. The van der Waals surface area contributed by atoms with E-state index in [-0.39, 0.29) is 11.7 Å². The first-order chi connectivity index (χ1) is 13.1. The predicted octanol–water partition coefficient (Wildman–Crippen LogP) is 3.49. The summed E-state index contributed by atoms with van der Waals surface area (Å²) in [5.74, 6) is 0.815. The van der Waals surface area contributed by atoms with E-state index in [1.165, 1.54) is 11.8 Å². The van der Waals surface area contributed by atoms with E-state index in [1.807, 2.05) is 53.4 Å². The number of nitrogens with one attached hydrogen (secondary N) is 2. The monoisotopic (exact) mass is 464 g/mol. The van der Waals surface area contributed by atoms with Crippen molar-refractivity contribution in [3.05, 3.63) is 57.0 Å². The van der Waals surface area contributed by atoms with Crippen molar-refractivity contribution in [3.63, 3.8) is 0 Å². The van der Waals surface area contributed by atoms with Crippen LogP contribution in [0.5, 0.6) is 0 Å². The van der Waals surface area contributed by atoms with Crippen LogP contribution in [-0.2, 0) is 18.4 Å². The molecule has 0 aliphatic rings. The number of benzene rings is 1. The maximum atomic E-state index is 11.9. The topological polar surface area (TPSA) is 84.2 Å². The van der Waals surface area contributed by atoms with Gasteiger partial charge in [0, 0.05) is 22.1 Å². The highest BCUT2D eigenvalue weighted by molar-refractivity contribution is 9.10. The number of nitrogens with zero attached hydrogens (tertiary/aromatic N) is 4. The van der Waals surface area contributed by atoms with E-state index >= 15 is 0 Å². The molecule has 1 amide bonds. The number of carbonyl (C=O) groups is 1. The smallest absolute Gasteiger partial charge is 0.250 e. The number of carbonyl (C=O) groups excluding carboxylic acids is 1. The molecule has 2 aromatic heterocycles. The Bertz CT molecular complexity index is 908. The number of hydrogen-bond acceptors (Lipinski definition) is 7. The Kier molecular flexibility index (Phi) is 7.02. The highest BCUT2D eigenvalue weighted by atomic mass is 79.9. The summed E-state index contributed by atoms with van der Waals surface area (Å²) < 4.78 is 2.90. The van der Waals surface area contributed by atoms with E-state index in [0.717, 1.165) is 20.9 Å². The van der Waals surface area contributed by atoms with Gasteiger partial charge in [0.15, 0.2) is 11.0 Å². The Balaban J connectivity index is 1.46. The summed E-state index contributed by atoms with van der Waals surface area (Å²) in [4.78, 5) is 12.9. The van der Waals surface area contributed by atoms with Crippen LogP contribution in [0.25, 0.3) is 0 Å². The molecular formula is C17H17BrN6OS2. The molecule has 0 aliphatic heterocycles. The number of aromatic nitrogens is 3. The molecule has 1 aromatic carbocycles. The molecule has 0 atom stereocenters. The second-order valence-corrected chi connectivity index (χ2v) is 8.25. The maximum Gasteiger partial charge on any atom is 0.250 e. The van der Waals surface area contributed by atoms with Crippen molar-refractivity contribution >= 4 is 56.8 Å². The average molecular weight is 465 g/mol. The fourth-order valence-electron chi connectivity index (χ4n) is 2.07. The molecule has 27 heavy (non-hydrogen) atoms. The van der Waals surface area contributed by atoms with E-state index in [0.29, 0.717) is 11.7 Å². The zero-order chi connectivity index (χ0) is 19.1. The number of hydrazone groups is 1. The quantitative estimate of drug-likeness (QED) is 0.302. The van der Waals surface area contributed by atoms with Crippen molar-refractivity contribution in [2.45, 2.75) is 11.7 Å². The molecule has 10 heteroatoms. The molecule has 2 heterocycles. The average Bonchev–Trinajstić information content (AvgIpc) is 3.30. The van der Waals surface area contributed by atoms with Gasteiger partial charge in [-0.3, -0.25) is 4.79 Å². The molecule has 0 fully saturated rings. The zero-order valence-corrected chi connectivity index (χ0v) is 17.6. The first-order valence-corrected chi connectivity index (χ1v) is 10.6. The number of amides is 1. The minimum absolute atomic E-state index is 0.189. The second kappa shape index (κ2) is 9.67. The molecule has 0 unspecified atom stereocenters. The summed E-state index contributed by atoms with van der Waals surface area (Å²) in [5, 5.41) is 18.2. The van der Waals surface area contributed by atoms with Crippen LogP contribution in [0, 0.1) is 0 Å². The minimum atomic E-state index is -0.189. The van der Waals surface area contributed by atoms with Gasteiger partial charge in [-0.1, -0.05) is 33.8 Å². The third kappa shape index (κ3) is 5.91. The minimum Gasteiger partial charge on any atom is -0.378 e. The lowest BCUT2D eigenvalue weighted by Crippen LogP contribution is -2.19. The van der Waals surface area contributed by atoms with Gasteiger partial charge in [-0.15, -0.1) is 21.5 Å². The number of anilines is 1. The molecule has 3 aromatic rings. The molecule has 2 N–H and O–H groups in total. The van der Waals surface area contributed by atoms with Gasteiger partial charge in [0.25, 0.3) is 5.91 Å². The molecule has 0 bridgehead atoms. The van der Waals surface area contributed by atoms with E-state index in [1.54, 1.807) is 17.6 Å². The molecule has 0 saturated carbocycles. The summed E-state index contributed by atoms with van der Waals surface area (Å²) in [5.41, 5.74) is 3.51. The van der Waals surface area contributed by atoms with Crippen LogP contribution in [0.15, 0.2) is 56.5 Å². The van der Waals surface area contributed by atoms with Crippen LogP contribution in [-0.4, -0.2) is 32.6 Å². The lowest BCUT2D eigenvalue weighted by atomic mass is 10.3. The van der Waals surface area contributed by atoms with Gasteiger partial charge in [-0.05, 0) is 35.7 Å². The molecule has 0 radical (unpaired) electrons. The first-order valence-electron chi connectivity index (χ1n) is 7.98. The van der Waals surface area contributed by atoms with Crippen molar-refractivity contribution in [2.24, 2.45) is 12.1 Å². The fourth-order valence-corrected chi connectivity index (χ4v) is 3.64. The van der Waals surface area contributed by atoms with Crippen LogP contribution in [0.1, 0.15) is 10.7 Å². The van der Waals surface area contributed by atoms with E-state index in [4.69, 9.17) is 0 Å². The number of thiophene rings is 1. The van der Waals surface area contributed by atoms with Gasteiger partial charge >= 0.3 is 0 Å². The summed E-state index contributed by atoms with van der Waals surface area (Å²) >= 11 is 6.29. The Morgan fingerprint density at radius 1 is 1.33 bits per heavy atom. The fraction of sp³-hybridized carbons (Fsp3) is 0.176. The van der Waals surface area contributed by atoms with Crippen LogP contribution in [0.4, 0.5) is 5.69 Å². The molecule has 0 spiro atoms. The summed E-state index contributed by atoms with van der Waals surface area (Å²) in [6, 6.07) is 11.8. The number of thioether (sulfide) groups is 1. The largest absolute Gasteiger partial charge is 0.378 e. The molecular weight excluding hydrogens is 448 g/mol. The Morgan fingerprint density at radius 2 is 2.15 bits per heavy atom. The lowest BCUT2D eigenvalue weighted by molar-refractivity contribution is -0.118. The van der Waals surface area contributed by atoms with Gasteiger partial charge in [-0.2, -0.15) is 5.10 Å². The molecule has 7 nitrogen and oxygen atoms in total. The van der Waals surface area contributed by atoms with Crippen LogP contribution in [0.2, 0.25) is 0 Å². The summed E-state index contributed by atoms with van der Waals surface area (Å²) in [6.07, 6.45) is 1.63. The van der Waals surface area contributed by atoms with Crippen LogP contribution < -0.4 is 10.7 Å². The standard InChI is InChI=1S/C17H17BrN6OS2/c1-24-15(10-19-13-6-4-12(18)5-7-13)21-23-17(24)27-11-16(25)22-20-9-14-3-2-8-26-14/h2-9,19H,10-11H2,1H3,(H,22,25)/b20-9-. The SMILES string of the molecule is Cn1c(CNc2ccc(Br)cc2)nnc1SCC(=O)N/N=C\c1cccs1. The first kappa shape index (κ1) is 19.6. The van der Waals surface area contributed by atoms with Gasteiger partial charge in [0.1, 0.15) is 0 Å². The normalized spacial score (nSPS) is 11.0. The number of hydrogen-bond donors (Lipinski definition) is 2. The van der Waals surface area contributed by atoms with Crippen molar-refractivity contribution in [1.82, 2.24) is 20.2 Å². The number of halogens is 1. The zero-order valence-electron chi connectivity index (χ0n) is 14.4. The summed E-state index contributed by atoms with van der Waals surface area (Å²) in [7, 11) is 1.88. The molecule has 0 aliphatic carbocycles. The van der Waals surface area contributed by atoms with Crippen LogP contribution >= 0.6 is 39.0 Å². The van der Waals surface area contributed by atoms with Gasteiger partial charge in [0.05, 0.1) is 18.5 Å². The van der Waals surface area contributed by atoms with Crippen molar-refractivity contribution in [2.75, 3.05) is 11.1 Å². The third-order valence-electron chi connectivity index (χ3n) is 3.48. The maximum absolute atomic E-state index is 11.9. The van der Waals surface area contributed by atoms with Gasteiger partial charge in [-0.25, -0.2) is 5.43 Å². The van der Waals surface area contributed by atoms with Gasteiger partial charge in [0.2, 0.25) is 0 Å². The van der Waals surface area contributed by atoms with Crippen molar-refractivity contribution in [3.8, 4) is 0 Å². The van der Waals surface area contributed by atoms with E-state index < -0.39 is 0 Å². The highest BCUT2D eigenvalue weighted by Crippen LogP contribution is 2.17. The lowest BCUT2D eigenvalue weighted by Gasteiger charge is -2.07. The van der Waals surface area contributed by atoms with E-state index in [2.05, 4.69) is 42.0 Å². The molecule has 140 valence electrons. The van der Waals surface area contributed by atoms with Crippen molar-refractivity contribution < 1.29 is 4.79 Å². The Hall–Kier alpha value is -2.17. The Labute approximate surface area is 173 Å². The third-order valence-corrected chi connectivity index (χ3v) is 5.83. The second-order valence-electron chi connectivity index (χ2n) is 5.42. The number of rotatable bonds is 8. The molecule has 3 rings (SSSR count).